The summed E-state index contributed by atoms with van der Waals surface area (Å²) < 4.78 is 17.1. The highest BCUT2D eigenvalue weighted by molar-refractivity contribution is 5.72. The Labute approximate surface area is 332 Å². The molecular weight excluding hydrogens is 679 g/mol. The van der Waals surface area contributed by atoms with Crippen LogP contribution in [-0.2, 0) is 28.6 Å². The molecule has 0 heterocycles. The monoisotopic (exact) mass is 765 g/mol. The Balaban J connectivity index is 4.10. The number of hydrogen-bond acceptors (Lipinski definition) is 6. The molecule has 54 heavy (non-hydrogen) atoms. The number of carbonyl (C=O) groups is 3. The van der Waals surface area contributed by atoms with E-state index in [1.807, 2.05) is 27.2 Å². The van der Waals surface area contributed by atoms with Crippen LogP contribution in [0.4, 0.5) is 0 Å². The van der Waals surface area contributed by atoms with Crippen molar-refractivity contribution >= 4 is 17.9 Å². The fourth-order valence-corrected chi connectivity index (χ4v) is 6.57. The van der Waals surface area contributed by atoms with Gasteiger partial charge in [-0.25, -0.2) is 4.79 Å². The van der Waals surface area contributed by atoms with Gasteiger partial charge >= 0.3 is 17.9 Å². The van der Waals surface area contributed by atoms with Gasteiger partial charge in [0.15, 0.2) is 12.1 Å². The van der Waals surface area contributed by atoms with Crippen molar-refractivity contribution in [2.45, 2.75) is 212 Å². The second-order valence-corrected chi connectivity index (χ2v) is 16.3. The van der Waals surface area contributed by atoms with Crippen molar-refractivity contribution < 1.29 is 38.2 Å². The zero-order valence-electron chi connectivity index (χ0n) is 35.9. The molecule has 0 saturated carbocycles. The molecule has 0 spiro atoms. The second-order valence-electron chi connectivity index (χ2n) is 16.3. The molecular formula is C46H86NO7+. The van der Waals surface area contributed by atoms with E-state index in [-0.39, 0.29) is 42.7 Å². The van der Waals surface area contributed by atoms with Crippen molar-refractivity contribution in [1.29, 1.82) is 0 Å². The first-order valence-electron chi connectivity index (χ1n) is 22.4. The first-order valence-corrected chi connectivity index (χ1v) is 22.4. The van der Waals surface area contributed by atoms with Gasteiger partial charge in [-0.2, -0.15) is 0 Å². The fraction of sp³-hybridized carbons (Fsp3) is 0.848. The summed E-state index contributed by atoms with van der Waals surface area (Å²) in [6.45, 7) is 4.64. The minimum absolute atomic E-state index is 0.0462. The molecule has 1 N–H and O–H groups in total. The summed E-state index contributed by atoms with van der Waals surface area (Å²) >= 11 is 0. The predicted octanol–water partition coefficient (Wildman–Crippen LogP) is 12.1. The molecule has 2 atom stereocenters. The standard InChI is InChI=1S/C46H85NO7/c1-6-8-10-12-14-15-16-17-18-19-20-21-22-23-24-25-26-27-28-29-31-32-34-36-44(48)53-41-42(40-52-39-38-43(46(50)51)47(3,4)5)54-45(49)37-35-33-30-13-11-9-7-2/h23-24,30,33,42-43H,6-22,25-29,31-32,34-41H2,1-5H3/p+1/b24-23+,33-30+. The third-order valence-corrected chi connectivity index (χ3v) is 10.1. The Morgan fingerprint density at radius 2 is 0.963 bits per heavy atom. The first kappa shape index (κ1) is 51.8. The lowest BCUT2D eigenvalue weighted by atomic mass is 10.0. The van der Waals surface area contributed by atoms with Crippen molar-refractivity contribution in [2.75, 3.05) is 41.0 Å². The largest absolute Gasteiger partial charge is 0.477 e. The van der Waals surface area contributed by atoms with Crippen LogP contribution in [0.1, 0.15) is 200 Å². The normalized spacial score (nSPS) is 13.1. The smallest absolute Gasteiger partial charge is 0.362 e. The van der Waals surface area contributed by atoms with Gasteiger partial charge in [0.1, 0.15) is 6.61 Å². The summed E-state index contributed by atoms with van der Waals surface area (Å²) in [5, 5.41) is 9.58. The van der Waals surface area contributed by atoms with E-state index >= 15 is 0 Å². The van der Waals surface area contributed by atoms with Gasteiger partial charge in [-0.3, -0.25) is 9.59 Å². The highest BCUT2D eigenvalue weighted by atomic mass is 16.6. The van der Waals surface area contributed by atoms with Gasteiger partial charge in [-0.1, -0.05) is 154 Å². The van der Waals surface area contributed by atoms with Gasteiger partial charge in [0.25, 0.3) is 0 Å². The van der Waals surface area contributed by atoms with Crippen molar-refractivity contribution in [1.82, 2.24) is 0 Å². The molecule has 0 amide bonds. The molecule has 0 aliphatic rings. The number of hydrogen-bond donors (Lipinski definition) is 1. The van der Waals surface area contributed by atoms with Crippen LogP contribution >= 0.6 is 0 Å². The van der Waals surface area contributed by atoms with Crippen LogP contribution in [0.15, 0.2) is 24.3 Å². The third-order valence-electron chi connectivity index (χ3n) is 10.1. The molecule has 0 aromatic heterocycles. The molecule has 0 saturated heterocycles. The number of carboxylic acid groups (broad SMARTS) is 1. The molecule has 0 rings (SSSR count). The maximum absolute atomic E-state index is 12.5. The molecule has 0 radical (unpaired) electrons. The van der Waals surface area contributed by atoms with E-state index in [1.165, 1.54) is 128 Å². The van der Waals surface area contributed by atoms with Crippen molar-refractivity contribution in [2.24, 2.45) is 0 Å². The van der Waals surface area contributed by atoms with Gasteiger partial charge in [-0.05, 0) is 51.4 Å². The Hall–Kier alpha value is -2.19. The number of carbonyl (C=O) groups excluding carboxylic acids is 2. The lowest BCUT2D eigenvalue weighted by Gasteiger charge is -2.31. The molecule has 8 heteroatoms. The number of nitrogens with zero attached hydrogens (tertiary/aromatic N) is 1. The average Bonchev–Trinajstić information content (AvgIpc) is 3.12. The summed E-state index contributed by atoms with van der Waals surface area (Å²) in [6, 6.07) is -0.617. The molecule has 0 fully saturated rings. The van der Waals surface area contributed by atoms with Crippen LogP contribution in [0, 0.1) is 0 Å². The Morgan fingerprint density at radius 1 is 0.537 bits per heavy atom. The number of esters is 2. The molecule has 0 aromatic rings. The summed E-state index contributed by atoms with van der Waals surface area (Å²) in [4.78, 5) is 36.7. The SMILES string of the molecule is CCCCC/C=C/CCC(=O)OC(COCCC(C(=O)O)[N+](C)(C)C)COC(=O)CCCCCCCCC/C=C/CCCCCCCCCCCCCC. The van der Waals surface area contributed by atoms with Gasteiger partial charge in [0, 0.05) is 19.3 Å². The first-order chi connectivity index (χ1) is 26.1. The minimum Gasteiger partial charge on any atom is -0.477 e. The minimum atomic E-state index is -0.881. The number of likely N-dealkylation sites (N-methyl/N-ethyl adjacent to an activating group) is 1. The zero-order chi connectivity index (χ0) is 40.0. The molecule has 0 aliphatic heterocycles. The van der Waals surface area contributed by atoms with Crippen molar-refractivity contribution in [3.8, 4) is 0 Å². The second kappa shape index (κ2) is 37.7. The maximum atomic E-state index is 12.5. The summed E-state index contributed by atoms with van der Waals surface area (Å²) in [6.07, 6.45) is 41.3. The van der Waals surface area contributed by atoms with Gasteiger partial charge < -0.3 is 23.8 Å². The van der Waals surface area contributed by atoms with E-state index in [0.29, 0.717) is 19.3 Å². The van der Waals surface area contributed by atoms with Crippen LogP contribution in [0.2, 0.25) is 0 Å². The Kier molecular flexibility index (Phi) is 36.2. The van der Waals surface area contributed by atoms with Crippen LogP contribution in [-0.4, -0.2) is 80.6 Å². The molecule has 0 aromatic carbocycles. The lowest BCUT2D eigenvalue weighted by Crippen LogP contribution is -2.50. The van der Waals surface area contributed by atoms with Gasteiger partial charge in [-0.15, -0.1) is 0 Å². The number of carboxylic acids is 1. The van der Waals surface area contributed by atoms with Gasteiger partial charge in [0.05, 0.1) is 34.4 Å². The van der Waals surface area contributed by atoms with E-state index in [1.54, 1.807) is 0 Å². The zero-order valence-corrected chi connectivity index (χ0v) is 35.9. The van der Waals surface area contributed by atoms with E-state index < -0.39 is 18.1 Å². The van der Waals surface area contributed by atoms with E-state index in [2.05, 4.69) is 32.1 Å². The molecule has 316 valence electrons. The highest BCUT2D eigenvalue weighted by Crippen LogP contribution is 2.15. The van der Waals surface area contributed by atoms with Crippen LogP contribution in [0.3, 0.4) is 0 Å². The fourth-order valence-electron chi connectivity index (χ4n) is 6.57. The van der Waals surface area contributed by atoms with E-state index in [9.17, 15) is 19.5 Å². The number of allylic oxidation sites excluding steroid dienone is 4. The predicted molar refractivity (Wildman–Crippen MR) is 225 cm³/mol. The number of aliphatic carboxylic acids is 1. The molecule has 0 bridgehead atoms. The quantitative estimate of drug-likeness (QED) is 0.0287. The van der Waals surface area contributed by atoms with Crippen LogP contribution in [0.25, 0.3) is 0 Å². The topological polar surface area (TPSA) is 99.1 Å². The third kappa shape index (κ3) is 35.5. The molecule has 0 aliphatic carbocycles. The van der Waals surface area contributed by atoms with Gasteiger partial charge in [0.2, 0.25) is 0 Å². The summed E-state index contributed by atoms with van der Waals surface area (Å²) in [7, 11) is 5.51. The van der Waals surface area contributed by atoms with E-state index in [0.717, 1.165) is 32.1 Å². The Bertz CT molecular complexity index is 942. The lowest BCUT2D eigenvalue weighted by molar-refractivity contribution is -0.887. The molecule has 8 nitrogen and oxygen atoms in total. The van der Waals surface area contributed by atoms with Crippen molar-refractivity contribution in [3.05, 3.63) is 24.3 Å². The molecule has 2 unspecified atom stereocenters. The number of unbranched alkanes of at least 4 members (excludes halogenated alkanes) is 22. The average molecular weight is 765 g/mol. The number of ether oxygens (including phenoxy) is 3. The van der Waals surface area contributed by atoms with Crippen LogP contribution in [0.5, 0.6) is 0 Å². The van der Waals surface area contributed by atoms with E-state index in [4.69, 9.17) is 14.2 Å². The maximum Gasteiger partial charge on any atom is 0.362 e. The number of quaternary nitrogens is 1. The summed E-state index contributed by atoms with van der Waals surface area (Å²) in [5.41, 5.74) is 0. The van der Waals surface area contributed by atoms with Crippen LogP contribution < -0.4 is 0 Å². The highest BCUT2D eigenvalue weighted by Gasteiger charge is 2.31. The van der Waals surface area contributed by atoms with Crippen molar-refractivity contribution in [3.63, 3.8) is 0 Å². The summed E-state index contributed by atoms with van der Waals surface area (Å²) in [5.74, 6) is -1.54. The number of rotatable bonds is 40. The Morgan fingerprint density at radius 3 is 1.44 bits per heavy atom.